The summed E-state index contributed by atoms with van der Waals surface area (Å²) in [6, 6.07) is 15.6. The fourth-order valence-electron chi connectivity index (χ4n) is 2.07. The highest BCUT2D eigenvalue weighted by Crippen LogP contribution is 2.05. The summed E-state index contributed by atoms with van der Waals surface area (Å²) in [5, 5.41) is 13.0. The van der Waals surface area contributed by atoms with Crippen LogP contribution < -0.4 is 16.4 Å². The number of alkyl carbamates (subject to hydrolysis) is 1. The highest BCUT2D eigenvalue weighted by Gasteiger charge is 2.09. The Morgan fingerprint density at radius 3 is 2.30 bits per heavy atom. The molecule has 2 aromatic rings. The summed E-state index contributed by atoms with van der Waals surface area (Å²) in [7, 11) is 0. The van der Waals surface area contributed by atoms with Gasteiger partial charge in [0, 0.05) is 12.1 Å². The Balaban J connectivity index is 0.00000364. The monoisotopic (exact) mass is 390 g/mol. The normalized spacial score (nSPS) is 10.9. The maximum absolute atomic E-state index is 11.8. The van der Waals surface area contributed by atoms with E-state index in [0.717, 1.165) is 11.1 Å². The fraction of sp³-hybridized carbons (Fsp3) is 0.211. The predicted molar refractivity (Wildman–Crippen MR) is 106 cm³/mol. The van der Waals surface area contributed by atoms with Crippen LogP contribution in [0.2, 0.25) is 0 Å². The summed E-state index contributed by atoms with van der Waals surface area (Å²) in [6.07, 6.45) is -0.688. The molecule has 5 N–H and O–H groups in total. The molecule has 144 valence electrons. The van der Waals surface area contributed by atoms with E-state index < -0.39 is 12.1 Å². The smallest absolute Gasteiger partial charge is 0.413 e. The van der Waals surface area contributed by atoms with Crippen molar-refractivity contribution in [3.63, 3.8) is 0 Å². The first-order valence-electron chi connectivity index (χ1n) is 8.14. The third-order valence-corrected chi connectivity index (χ3v) is 3.56. The summed E-state index contributed by atoms with van der Waals surface area (Å²) in [5.41, 5.74) is 7.74. The van der Waals surface area contributed by atoms with E-state index in [4.69, 9.17) is 15.9 Å². The van der Waals surface area contributed by atoms with E-state index in [1.165, 1.54) is 0 Å². The van der Waals surface area contributed by atoms with Gasteiger partial charge in [0.1, 0.15) is 12.4 Å². The largest absolute Gasteiger partial charge is 0.444 e. The summed E-state index contributed by atoms with van der Waals surface area (Å²) in [4.78, 5) is 23.2. The average Bonchev–Trinajstić information content (AvgIpc) is 2.65. The molecule has 0 heterocycles. The standard InChI is InChI=1S/C19H22N4O3.ClH/c1-13(20)18(24)22-11-14-7-9-16(10-8-14)17(21)23-19(25)26-12-15-5-3-2-4-6-15;/h2-10,13H,11-12,20H2,1H3,(H,22,24)(H2,21,23,25);1H/t13-;/m0./s1. The minimum absolute atomic E-state index is 0. The molecule has 0 aromatic heterocycles. The van der Waals surface area contributed by atoms with Gasteiger partial charge in [0.15, 0.2) is 0 Å². The molecule has 0 saturated carbocycles. The van der Waals surface area contributed by atoms with Crippen molar-refractivity contribution in [1.29, 1.82) is 5.41 Å². The number of nitrogens with one attached hydrogen (secondary N) is 3. The lowest BCUT2D eigenvalue weighted by Gasteiger charge is -2.10. The lowest BCUT2D eigenvalue weighted by atomic mass is 10.1. The molecule has 0 aliphatic rings. The molecule has 0 spiro atoms. The molecule has 1 atom stereocenters. The summed E-state index contributed by atoms with van der Waals surface area (Å²) >= 11 is 0. The van der Waals surface area contributed by atoms with Crippen molar-refractivity contribution in [3.05, 3.63) is 71.3 Å². The number of amides is 2. The van der Waals surface area contributed by atoms with Crippen LogP contribution in [0.5, 0.6) is 0 Å². The Hall–Kier alpha value is -2.90. The van der Waals surface area contributed by atoms with Gasteiger partial charge in [-0.2, -0.15) is 0 Å². The number of carbonyl (C=O) groups is 2. The lowest BCUT2D eigenvalue weighted by molar-refractivity contribution is -0.122. The Morgan fingerprint density at radius 1 is 1.07 bits per heavy atom. The average molecular weight is 391 g/mol. The maximum atomic E-state index is 11.8. The highest BCUT2D eigenvalue weighted by molar-refractivity contribution is 6.04. The number of nitrogens with two attached hydrogens (primary N) is 1. The zero-order chi connectivity index (χ0) is 18.9. The topological polar surface area (TPSA) is 117 Å². The Morgan fingerprint density at radius 2 is 1.70 bits per heavy atom. The van der Waals surface area contributed by atoms with E-state index in [2.05, 4.69) is 10.6 Å². The number of halogens is 1. The molecule has 0 bridgehead atoms. The van der Waals surface area contributed by atoms with Gasteiger partial charge in [0.2, 0.25) is 5.91 Å². The van der Waals surface area contributed by atoms with Crippen LogP contribution in [0.4, 0.5) is 4.79 Å². The number of rotatable bonds is 6. The molecule has 27 heavy (non-hydrogen) atoms. The quantitative estimate of drug-likeness (QED) is 0.447. The number of hydrogen-bond acceptors (Lipinski definition) is 5. The minimum Gasteiger partial charge on any atom is -0.444 e. The van der Waals surface area contributed by atoms with E-state index in [1.807, 2.05) is 30.3 Å². The molecular weight excluding hydrogens is 368 g/mol. The van der Waals surface area contributed by atoms with Crippen LogP contribution in [-0.2, 0) is 22.7 Å². The summed E-state index contributed by atoms with van der Waals surface area (Å²) in [5.74, 6) is -0.293. The van der Waals surface area contributed by atoms with Crippen LogP contribution in [-0.4, -0.2) is 23.9 Å². The lowest BCUT2D eigenvalue weighted by Crippen LogP contribution is -2.37. The van der Waals surface area contributed by atoms with Crippen LogP contribution >= 0.6 is 12.4 Å². The van der Waals surface area contributed by atoms with E-state index in [0.29, 0.717) is 12.1 Å². The zero-order valence-electron chi connectivity index (χ0n) is 14.9. The maximum Gasteiger partial charge on any atom is 0.413 e. The van der Waals surface area contributed by atoms with Crippen molar-refractivity contribution < 1.29 is 14.3 Å². The highest BCUT2D eigenvalue weighted by atomic mass is 35.5. The molecule has 0 fully saturated rings. The number of hydrogen-bond donors (Lipinski definition) is 4. The van der Waals surface area contributed by atoms with Gasteiger partial charge in [0.25, 0.3) is 0 Å². The second-order valence-corrected chi connectivity index (χ2v) is 5.77. The van der Waals surface area contributed by atoms with Crippen molar-refractivity contribution in [2.45, 2.75) is 26.1 Å². The van der Waals surface area contributed by atoms with Crippen LogP contribution in [0.1, 0.15) is 23.6 Å². The van der Waals surface area contributed by atoms with Gasteiger partial charge < -0.3 is 15.8 Å². The predicted octanol–water partition coefficient (Wildman–Crippen LogP) is 2.32. The van der Waals surface area contributed by atoms with Crippen molar-refractivity contribution >= 4 is 30.2 Å². The van der Waals surface area contributed by atoms with Crippen molar-refractivity contribution in [2.24, 2.45) is 5.73 Å². The first-order valence-corrected chi connectivity index (χ1v) is 8.14. The molecule has 8 heteroatoms. The Bertz CT molecular complexity index is 764. The third kappa shape index (κ3) is 7.47. The molecule has 0 saturated heterocycles. The number of amidine groups is 1. The number of benzene rings is 2. The van der Waals surface area contributed by atoms with Gasteiger partial charge in [-0.3, -0.25) is 15.5 Å². The van der Waals surface area contributed by atoms with Crippen LogP contribution in [0.25, 0.3) is 0 Å². The van der Waals surface area contributed by atoms with Crippen molar-refractivity contribution in [3.8, 4) is 0 Å². The first kappa shape index (κ1) is 22.1. The van der Waals surface area contributed by atoms with Gasteiger partial charge in [0.05, 0.1) is 6.04 Å². The fourth-order valence-corrected chi connectivity index (χ4v) is 2.07. The summed E-state index contributed by atoms with van der Waals surface area (Å²) < 4.78 is 5.08. The van der Waals surface area contributed by atoms with Crippen molar-refractivity contribution in [1.82, 2.24) is 10.6 Å². The molecule has 0 aliphatic heterocycles. The third-order valence-electron chi connectivity index (χ3n) is 3.56. The second-order valence-electron chi connectivity index (χ2n) is 5.77. The van der Waals surface area contributed by atoms with E-state index in [1.54, 1.807) is 31.2 Å². The zero-order valence-corrected chi connectivity index (χ0v) is 15.7. The molecule has 2 amide bonds. The SMILES string of the molecule is C[C@H](N)C(=O)NCc1ccc(C(=N)NC(=O)OCc2ccccc2)cc1.Cl. The molecule has 2 rings (SSSR count). The molecule has 0 radical (unpaired) electrons. The van der Waals surface area contributed by atoms with Crippen LogP contribution in [0.3, 0.4) is 0 Å². The van der Waals surface area contributed by atoms with E-state index >= 15 is 0 Å². The second kappa shape index (κ2) is 10.9. The van der Waals surface area contributed by atoms with E-state index in [9.17, 15) is 9.59 Å². The van der Waals surface area contributed by atoms with Crippen molar-refractivity contribution in [2.75, 3.05) is 0 Å². The Labute approximate surface area is 164 Å². The minimum atomic E-state index is -0.688. The first-order chi connectivity index (χ1) is 12.5. The number of ether oxygens (including phenoxy) is 1. The van der Waals surface area contributed by atoms with Gasteiger partial charge >= 0.3 is 6.09 Å². The molecule has 0 aliphatic carbocycles. The van der Waals surface area contributed by atoms with Crippen LogP contribution in [0.15, 0.2) is 54.6 Å². The van der Waals surface area contributed by atoms with E-state index in [-0.39, 0.29) is 30.8 Å². The summed E-state index contributed by atoms with van der Waals surface area (Å²) in [6.45, 7) is 2.10. The molecule has 7 nitrogen and oxygen atoms in total. The van der Waals surface area contributed by atoms with Gasteiger partial charge in [-0.25, -0.2) is 4.79 Å². The van der Waals surface area contributed by atoms with Gasteiger partial charge in [-0.05, 0) is 18.1 Å². The molecule has 0 unspecified atom stereocenters. The van der Waals surface area contributed by atoms with Gasteiger partial charge in [-0.1, -0.05) is 54.6 Å². The Kier molecular flexibility index (Phi) is 8.98. The molecule has 2 aromatic carbocycles. The molecular formula is C19H23ClN4O3. The van der Waals surface area contributed by atoms with Gasteiger partial charge in [-0.15, -0.1) is 12.4 Å². The van der Waals surface area contributed by atoms with Crippen LogP contribution in [0, 0.1) is 5.41 Å². The number of carbonyl (C=O) groups excluding carboxylic acids is 2.